The van der Waals surface area contributed by atoms with Crippen molar-refractivity contribution >= 4 is 11.6 Å². The third-order valence-electron chi connectivity index (χ3n) is 5.66. The van der Waals surface area contributed by atoms with Crippen LogP contribution in [0.3, 0.4) is 0 Å². The van der Waals surface area contributed by atoms with Gasteiger partial charge in [-0.05, 0) is 54.7 Å². The number of nitrogens with zero attached hydrogens (tertiary/aromatic N) is 2. The topological polar surface area (TPSA) is 32.8 Å². The van der Waals surface area contributed by atoms with Gasteiger partial charge in [-0.25, -0.2) is 0 Å². The Balaban J connectivity index is 1.65. The van der Waals surface area contributed by atoms with Crippen LogP contribution in [0, 0.1) is 0 Å². The van der Waals surface area contributed by atoms with Crippen LogP contribution < -0.4 is 9.64 Å². The summed E-state index contributed by atoms with van der Waals surface area (Å²) in [5, 5.41) is 0. The number of hydrogen-bond acceptors (Lipinski definition) is 3. The highest BCUT2D eigenvalue weighted by Gasteiger charge is 2.28. The molecule has 0 spiro atoms. The van der Waals surface area contributed by atoms with Crippen molar-refractivity contribution in [2.24, 2.45) is 0 Å². The van der Waals surface area contributed by atoms with Gasteiger partial charge in [0.15, 0.2) is 0 Å². The van der Waals surface area contributed by atoms with Crippen molar-refractivity contribution in [2.45, 2.75) is 52.1 Å². The number of carbonyl (C=O) groups is 1. The predicted molar refractivity (Wildman–Crippen MR) is 115 cm³/mol. The molecule has 0 aromatic heterocycles. The minimum absolute atomic E-state index is 0.218. The molecule has 0 saturated carbocycles. The van der Waals surface area contributed by atoms with Crippen LogP contribution in [0.5, 0.6) is 5.75 Å². The molecular formula is C24H32N2O2. The van der Waals surface area contributed by atoms with E-state index in [-0.39, 0.29) is 11.9 Å². The molecule has 1 amide bonds. The summed E-state index contributed by atoms with van der Waals surface area (Å²) in [6.07, 6.45) is 3.57. The summed E-state index contributed by atoms with van der Waals surface area (Å²) in [6.45, 7) is 7.04. The number of hydrogen-bond donors (Lipinski definition) is 0. The Morgan fingerprint density at radius 2 is 1.79 bits per heavy atom. The summed E-state index contributed by atoms with van der Waals surface area (Å²) in [5.74, 6) is 1.12. The van der Waals surface area contributed by atoms with E-state index in [1.165, 1.54) is 11.1 Å². The molecule has 2 aromatic rings. The Morgan fingerprint density at radius 1 is 1.07 bits per heavy atom. The van der Waals surface area contributed by atoms with E-state index in [1.54, 1.807) is 7.11 Å². The minimum Gasteiger partial charge on any atom is -0.497 e. The monoisotopic (exact) mass is 380 g/mol. The van der Waals surface area contributed by atoms with Gasteiger partial charge in [-0.15, -0.1) is 0 Å². The molecule has 1 heterocycles. The largest absolute Gasteiger partial charge is 0.497 e. The summed E-state index contributed by atoms with van der Waals surface area (Å²) < 4.78 is 5.33. The first kappa shape index (κ1) is 20.4. The number of benzene rings is 2. The number of aryl methyl sites for hydroxylation is 1. The van der Waals surface area contributed by atoms with Crippen LogP contribution in [-0.4, -0.2) is 37.0 Å². The van der Waals surface area contributed by atoms with Crippen LogP contribution in [0.2, 0.25) is 0 Å². The highest BCUT2D eigenvalue weighted by atomic mass is 16.5. The number of amides is 1. The third-order valence-corrected chi connectivity index (χ3v) is 5.66. The zero-order chi connectivity index (χ0) is 19.9. The van der Waals surface area contributed by atoms with E-state index in [1.807, 2.05) is 24.0 Å². The first-order chi connectivity index (χ1) is 13.6. The van der Waals surface area contributed by atoms with Crippen LogP contribution in [0.25, 0.3) is 0 Å². The number of carbonyl (C=O) groups excluding carboxylic acids is 1. The summed E-state index contributed by atoms with van der Waals surface area (Å²) in [7, 11) is 1.71. The molecule has 1 fully saturated rings. The molecule has 0 N–H and O–H groups in total. The van der Waals surface area contributed by atoms with Crippen LogP contribution >= 0.6 is 0 Å². The molecule has 1 aliphatic heterocycles. The minimum atomic E-state index is 0.218. The van der Waals surface area contributed by atoms with E-state index < -0.39 is 0 Å². The lowest BCUT2D eigenvalue weighted by Crippen LogP contribution is -2.47. The van der Waals surface area contributed by atoms with Gasteiger partial charge in [-0.1, -0.05) is 38.1 Å². The quantitative estimate of drug-likeness (QED) is 0.700. The molecule has 4 nitrogen and oxygen atoms in total. The second-order valence-electron chi connectivity index (χ2n) is 7.50. The smallest absolute Gasteiger partial charge is 0.226 e. The van der Waals surface area contributed by atoms with Gasteiger partial charge >= 0.3 is 0 Å². The van der Waals surface area contributed by atoms with Crippen molar-refractivity contribution in [3.05, 3.63) is 59.7 Å². The average Bonchev–Trinajstić information content (AvgIpc) is 2.75. The lowest BCUT2D eigenvalue weighted by Gasteiger charge is -2.38. The Bertz CT molecular complexity index is 764. The Labute approximate surface area is 169 Å². The van der Waals surface area contributed by atoms with Crippen LogP contribution in [0.1, 0.15) is 44.2 Å². The SMILES string of the molecule is CCC(=O)N(c1ccc(CC)cc1)C1CCN(Cc2cccc(OC)c2)CC1. The molecule has 28 heavy (non-hydrogen) atoms. The Hall–Kier alpha value is -2.33. The number of rotatable bonds is 7. The Morgan fingerprint density at radius 3 is 2.39 bits per heavy atom. The lowest BCUT2D eigenvalue weighted by molar-refractivity contribution is -0.119. The summed E-state index contributed by atoms with van der Waals surface area (Å²) in [5.41, 5.74) is 3.62. The molecule has 0 aliphatic carbocycles. The van der Waals surface area contributed by atoms with Gasteiger partial charge < -0.3 is 9.64 Å². The summed E-state index contributed by atoms with van der Waals surface area (Å²) in [4.78, 5) is 17.2. The van der Waals surface area contributed by atoms with Crippen LogP contribution in [-0.2, 0) is 17.8 Å². The van der Waals surface area contributed by atoms with E-state index in [4.69, 9.17) is 4.74 Å². The fraction of sp³-hybridized carbons (Fsp3) is 0.458. The molecule has 0 radical (unpaired) electrons. The number of likely N-dealkylation sites (tertiary alicyclic amines) is 1. The maximum absolute atomic E-state index is 12.7. The van der Waals surface area contributed by atoms with Gasteiger partial charge in [0.25, 0.3) is 0 Å². The molecular weight excluding hydrogens is 348 g/mol. The predicted octanol–water partition coefficient (Wildman–Crippen LogP) is 4.67. The van der Waals surface area contributed by atoms with Gasteiger partial charge in [-0.2, -0.15) is 0 Å². The van der Waals surface area contributed by atoms with Crippen molar-refractivity contribution < 1.29 is 9.53 Å². The van der Waals surface area contributed by atoms with Crippen molar-refractivity contribution in [3.8, 4) is 5.75 Å². The van der Waals surface area contributed by atoms with E-state index >= 15 is 0 Å². The molecule has 4 heteroatoms. The molecule has 0 unspecified atom stereocenters. The first-order valence-corrected chi connectivity index (χ1v) is 10.4. The van der Waals surface area contributed by atoms with E-state index in [0.717, 1.165) is 50.3 Å². The number of piperidine rings is 1. The number of methoxy groups -OCH3 is 1. The Kier molecular flexibility index (Phi) is 7.10. The van der Waals surface area contributed by atoms with Gasteiger partial charge in [-0.3, -0.25) is 9.69 Å². The maximum atomic E-state index is 12.7. The zero-order valence-corrected chi connectivity index (χ0v) is 17.4. The fourth-order valence-corrected chi connectivity index (χ4v) is 3.99. The number of ether oxygens (including phenoxy) is 1. The van der Waals surface area contributed by atoms with Crippen molar-refractivity contribution in [1.82, 2.24) is 4.90 Å². The highest BCUT2D eigenvalue weighted by molar-refractivity contribution is 5.93. The van der Waals surface area contributed by atoms with E-state index in [9.17, 15) is 4.79 Å². The molecule has 0 bridgehead atoms. The van der Waals surface area contributed by atoms with Crippen molar-refractivity contribution in [1.29, 1.82) is 0 Å². The first-order valence-electron chi connectivity index (χ1n) is 10.4. The summed E-state index contributed by atoms with van der Waals surface area (Å²) >= 11 is 0. The van der Waals surface area contributed by atoms with Crippen molar-refractivity contribution in [3.63, 3.8) is 0 Å². The lowest BCUT2D eigenvalue weighted by atomic mass is 10.0. The fourth-order valence-electron chi connectivity index (χ4n) is 3.99. The zero-order valence-electron chi connectivity index (χ0n) is 17.4. The second kappa shape index (κ2) is 9.74. The van der Waals surface area contributed by atoms with E-state index in [2.05, 4.69) is 48.2 Å². The molecule has 1 saturated heterocycles. The van der Waals surface area contributed by atoms with Gasteiger partial charge in [0.1, 0.15) is 5.75 Å². The average molecular weight is 381 g/mol. The summed E-state index contributed by atoms with van der Waals surface area (Å²) in [6, 6.07) is 17.1. The molecule has 2 aromatic carbocycles. The van der Waals surface area contributed by atoms with Gasteiger partial charge in [0, 0.05) is 37.8 Å². The highest BCUT2D eigenvalue weighted by Crippen LogP contribution is 2.26. The maximum Gasteiger partial charge on any atom is 0.226 e. The van der Waals surface area contributed by atoms with Crippen LogP contribution in [0.15, 0.2) is 48.5 Å². The number of anilines is 1. The molecule has 0 atom stereocenters. The van der Waals surface area contributed by atoms with Gasteiger partial charge in [0.05, 0.1) is 7.11 Å². The standard InChI is InChI=1S/C24H32N2O2/c1-4-19-9-11-21(12-10-19)26(24(27)5-2)22-13-15-25(16-14-22)18-20-7-6-8-23(17-20)28-3/h6-12,17,22H,4-5,13-16,18H2,1-3H3. The second-order valence-corrected chi connectivity index (χ2v) is 7.50. The molecule has 3 rings (SSSR count). The normalized spacial score (nSPS) is 15.4. The van der Waals surface area contributed by atoms with Crippen molar-refractivity contribution in [2.75, 3.05) is 25.1 Å². The molecule has 150 valence electrons. The van der Waals surface area contributed by atoms with Gasteiger partial charge in [0.2, 0.25) is 5.91 Å². The molecule has 1 aliphatic rings. The van der Waals surface area contributed by atoms with Crippen LogP contribution in [0.4, 0.5) is 5.69 Å². The van der Waals surface area contributed by atoms with E-state index in [0.29, 0.717) is 6.42 Å². The third kappa shape index (κ3) is 4.93.